The van der Waals surface area contributed by atoms with E-state index < -0.39 is 0 Å². The largest absolute Gasteiger partial charge is 0.377 e. The molecule has 2 heterocycles. The SMILES string of the molecule is Clc1ccc2nsnc2c1NCc1cc(Br)c(Br)s1. The zero-order valence-corrected chi connectivity index (χ0v) is 14.8. The van der Waals surface area contributed by atoms with Crippen LogP contribution >= 0.6 is 66.5 Å². The molecule has 3 nitrogen and oxygen atoms in total. The standard InChI is InChI=1S/C11H6Br2ClN3S2/c12-6-3-5(18-11(6)13)4-15-9-7(14)1-2-8-10(9)17-19-16-8/h1-3,15H,4H2. The van der Waals surface area contributed by atoms with Crippen molar-refractivity contribution in [2.45, 2.75) is 6.54 Å². The number of aromatic nitrogens is 2. The van der Waals surface area contributed by atoms with Gasteiger partial charge in [-0.2, -0.15) is 8.75 Å². The summed E-state index contributed by atoms with van der Waals surface area (Å²) < 4.78 is 10.6. The Kier molecular flexibility index (Phi) is 4.09. The Balaban J connectivity index is 1.89. The number of thiophene rings is 1. The van der Waals surface area contributed by atoms with Gasteiger partial charge in [0.2, 0.25) is 0 Å². The van der Waals surface area contributed by atoms with Crippen LogP contribution in [0.1, 0.15) is 4.88 Å². The molecule has 3 rings (SSSR count). The molecule has 8 heteroatoms. The topological polar surface area (TPSA) is 37.8 Å². The third-order valence-corrected chi connectivity index (χ3v) is 6.63. The molecule has 0 aliphatic heterocycles. The quantitative estimate of drug-likeness (QED) is 0.582. The molecule has 0 aliphatic carbocycles. The van der Waals surface area contributed by atoms with E-state index >= 15 is 0 Å². The number of rotatable bonds is 3. The first kappa shape index (κ1) is 13.8. The minimum absolute atomic E-state index is 0.662. The van der Waals surface area contributed by atoms with Gasteiger partial charge in [-0.3, -0.25) is 0 Å². The number of nitrogens with one attached hydrogen (secondary N) is 1. The first-order valence-electron chi connectivity index (χ1n) is 5.23. The van der Waals surface area contributed by atoms with Gasteiger partial charge in [0, 0.05) is 15.9 Å². The summed E-state index contributed by atoms with van der Waals surface area (Å²) in [6.07, 6.45) is 0. The van der Waals surface area contributed by atoms with Crippen LogP contribution < -0.4 is 5.32 Å². The van der Waals surface area contributed by atoms with Crippen LogP contribution in [0, 0.1) is 0 Å². The zero-order chi connectivity index (χ0) is 13.4. The monoisotopic (exact) mass is 437 g/mol. The third-order valence-electron chi connectivity index (χ3n) is 2.51. The summed E-state index contributed by atoms with van der Waals surface area (Å²) in [6, 6.07) is 5.80. The molecule has 0 bridgehead atoms. The summed E-state index contributed by atoms with van der Waals surface area (Å²) >= 11 is 16.1. The first-order chi connectivity index (χ1) is 9.15. The molecule has 0 aliphatic rings. The number of halogens is 3. The number of benzene rings is 1. The molecule has 98 valence electrons. The highest BCUT2D eigenvalue weighted by Gasteiger charge is 2.10. The second-order valence-corrected chi connectivity index (χ2v) is 7.99. The predicted molar refractivity (Wildman–Crippen MR) is 89.5 cm³/mol. The molecule has 0 radical (unpaired) electrons. The van der Waals surface area contributed by atoms with Gasteiger partial charge in [0.05, 0.1) is 26.2 Å². The fourth-order valence-electron chi connectivity index (χ4n) is 1.65. The van der Waals surface area contributed by atoms with Crippen molar-refractivity contribution in [3.05, 3.63) is 36.4 Å². The summed E-state index contributed by atoms with van der Waals surface area (Å²) in [4.78, 5) is 1.20. The van der Waals surface area contributed by atoms with E-state index in [0.717, 1.165) is 25.0 Å². The Morgan fingerprint density at radius 2 is 2.11 bits per heavy atom. The molecule has 0 saturated heterocycles. The summed E-state index contributed by atoms with van der Waals surface area (Å²) in [5, 5.41) is 4.00. The Hall–Kier alpha value is -0.210. The predicted octanol–water partition coefficient (Wildman–Crippen LogP) is 5.54. The molecule has 0 spiro atoms. The van der Waals surface area contributed by atoms with E-state index in [9.17, 15) is 0 Å². The van der Waals surface area contributed by atoms with Crippen molar-refractivity contribution in [1.29, 1.82) is 0 Å². The van der Waals surface area contributed by atoms with Crippen LogP contribution in [-0.2, 0) is 6.54 Å². The molecule has 0 unspecified atom stereocenters. The number of hydrogen-bond donors (Lipinski definition) is 1. The van der Waals surface area contributed by atoms with Crippen molar-refractivity contribution in [3.8, 4) is 0 Å². The Labute approximate surface area is 139 Å². The minimum Gasteiger partial charge on any atom is -0.377 e. The van der Waals surface area contributed by atoms with Crippen LogP contribution in [0.25, 0.3) is 11.0 Å². The lowest BCUT2D eigenvalue weighted by atomic mass is 10.2. The van der Waals surface area contributed by atoms with Crippen molar-refractivity contribution < 1.29 is 0 Å². The highest BCUT2D eigenvalue weighted by molar-refractivity contribution is 9.13. The normalized spacial score (nSPS) is 11.1. The maximum atomic E-state index is 6.22. The highest BCUT2D eigenvalue weighted by Crippen LogP contribution is 2.34. The average molecular weight is 440 g/mol. The maximum Gasteiger partial charge on any atom is 0.129 e. The Morgan fingerprint density at radius 3 is 2.84 bits per heavy atom. The van der Waals surface area contributed by atoms with Gasteiger partial charge < -0.3 is 5.32 Å². The maximum absolute atomic E-state index is 6.22. The van der Waals surface area contributed by atoms with Gasteiger partial charge in [-0.05, 0) is 50.1 Å². The van der Waals surface area contributed by atoms with Crippen LogP contribution in [0.4, 0.5) is 5.69 Å². The third kappa shape index (κ3) is 2.80. The molecule has 0 saturated carbocycles. The first-order valence-corrected chi connectivity index (χ1v) is 8.74. The van der Waals surface area contributed by atoms with Crippen molar-refractivity contribution in [1.82, 2.24) is 8.75 Å². The van der Waals surface area contributed by atoms with Gasteiger partial charge in [0.25, 0.3) is 0 Å². The van der Waals surface area contributed by atoms with Gasteiger partial charge in [-0.1, -0.05) is 11.6 Å². The molecular weight excluding hydrogens is 434 g/mol. The molecule has 0 atom stereocenters. The van der Waals surface area contributed by atoms with Crippen LogP contribution in [0.3, 0.4) is 0 Å². The van der Waals surface area contributed by atoms with E-state index in [2.05, 4.69) is 52.0 Å². The Morgan fingerprint density at radius 1 is 1.26 bits per heavy atom. The average Bonchev–Trinajstić information content (AvgIpc) is 2.96. The molecule has 0 amide bonds. The van der Waals surface area contributed by atoms with Gasteiger partial charge in [-0.25, -0.2) is 0 Å². The molecule has 3 aromatic rings. The van der Waals surface area contributed by atoms with E-state index in [1.165, 1.54) is 16.6 Å². The van der Waals surface area contributed by atoms with Crippen molar-refractivity contribution in [3.63, 3.8) is 0 Å². The molecule has 1 aromatic carbocycles. The molecule has 2 aromatic heterocycles. The zero-order valence-electron chi connectivity index (χ0n) is 9.28. The van der Waals surface area contributed by atoms with Crippen LogP contribution in [0.5, 0.6) is 0 Å². The number of fused-ring (bicyclic) bond motifs is 1. The lowest BCUT2D eigenvalue weighted by Crippen LogP contribution is -1.99. The van der Waals surface area contributed by atoms with Crippen LogP contribution in [-0.4, -0.2) is 8.75 Å². The summed E-state index contributed by atoms with van der Waals surface area (Å²) in [6.45, 7) is 0.700. The van der Waals surface area contributed by atoms with Crippen molar-refractivity contribution >= 4 is 83.2 Å². The Bertz CT molecular complexity index is 721. The second kappa shape index (κ2) is 5.65. The molecular formula is C11H6Br2ClN3S2. The number of nitrogens with zero attached hydrogens (tertiary/aromatic N) is 2. The fourth-order valence-corrected chi connectivity index (χ4v) is 4.53. The molecule has 1 N–H and O–H groups in total. The van der Waals surface area contributed by atoms with Gasteiger partial charge >= 0.3 is 0 Å². The van der Waals surface area contributed by atoms with Gasteiger partial charge in [-0.15, -0.1) is 11.3 Å². The highest BCUT2D eigenvalue weighted by atomic mass is 79.9. The van der Waals surface area contributed by atoms with Crippen molar-refractivity contribution in [2.75, 3.05) is 5.32 Å². The van der Waals surface area contributed by atoms with E-state index in [1.807, 2.05) is 12.1 Å². The van der Waals surface area contributed by atoms with Crippen LogP contribution in [0.2, 0.25) is 5.02 Å². The van der Waals surface area contributed by atoms with Crippen molar-refractivity contribution in [2.24, 2.45) is 0 Å². The number of hydrogen-bond acceptors (Lipinski definition) is 5. The molecule has 19 heavy (non-hydrogen) atoms. The number of anilines is 1. The van der Waals surface area contributed by atoms with Gasteiger partial charge in [0.15, 0.2) is 0 Å². The molecule has 0 fully saturated rings. The lowest BCUT2D eigenvalue weighted by molar-refractivity contribution is 1.20. The fraction of sp³-hybridized carbons (Fsp3) is 0.0909. The van der Waals surface area contributed by atoms with Gasteiger partial charge in [0.1, 0.15) is 11.0 Å². The van der Waals surface area contributed by atoms with Crippen LogP contribution in [0.15, 0.2) is 26.5 Å². The summed E-state index contributed by atoms with van der Waals surface area (Å²) in [5.41, 5.74) is 2.53. The van der Waals surface area contributed by atoms with E-state index in [1.54, 1.807) is 11.3 Å². The minimum atomic E-state index is 0.662. The smallest absolute Gasteiger partial charge is 0.129 e. The van der Waals surface area contributed by atoms with E-state index in [0.29, 0.717) is 11.6 Å². The summed E-state index contributed by atoms with van der Waals surface area (Å²) in [7, 11) is 0. The second-order valence-electron chi connectivity index (χ2n) is 3.74. The lowest BCUT2D eigenvalue weighted by Gasteiger charge is -2.07. The summed E-state index contributed by atoms with van der Waals surface area (Å²) in [5.74, 6) is 0. The van der Waals surface area contributed by atoms with E-state index in [4.69, 9.17) is 11.6 Å². The van der Waals surface area contributed by atoms with E-state index in [-0.39, 0.29) is 0 Å².